The highest BCUT2D eigenvalue weighted by Gasteiger charge is 2.48. The Balaban J connectivity index is 1.65. The van der Waals surface area contributed by atoms with Gasteiger partial charge in [0.15, 0.2) is 5.13 Å². The number of halogens is 2. The van der Waals surface area contributed by atoms with Crippen molar-refractivity contribution in [3.8, 4) is 5.75 Å². The number of hydrogen-bond acceptors (Lipinski definition) is 6. The fourth-order valence-corrected chi connectivity index (χ4v) is 5.53. The van der Waals surface area contributed by atoms with Crippen LogP contribution in [0, 0.1) is 5.82 Å². The first-order valence-electron chi connectivity index (χ1n) is 11.2. The molecule has 0 aliphatic carbocycles. The Bertz CT molecular complexity index is 1520. The zero-order chi connectivity index (χ0) is 25.4. The van der Waals surface area contributed by atoms with Crippen LogP contribution in [0.3, 0.4) is 0 Å². The Labute approximate surface area is 218 Å². The van der Waals surface area contributed by atoms with Crippen molar-refractivity contribution in [3.63, 3.8) is 0 Å². The average Bonchev–Trinajstić information content (AvgIpc) is 3.40. The minimum Gasteiger partial charge on any atom is -0.507 e. The predicted octanol–water partition coefficient (Wildman–Crippen LogP) is 6.61. The van der Waals surface area contributed by atoms with Crippen molar-refractivity contribution >= 4 is 60.1 Å². The SMILES string of the molecule is CCCOc1ccc(C(O)=C2C(=O)C(=O)N(c3nc4ccc(F)cc4s3)C2c2cccc(Br)c2)cc1. The van der Waals surface area contributed by atoms with Crippen LogP contribution in [-0.2, 0) is 9.59 Å². The van der Waals surface area contributed by atoms with Gasteiger partial charge in [0.2, 0.25) is 0 Å². The Morgan fingerprint density at radius 3 is 2.64 bits per heavy atom. The molecular weight excluding hydrogens is 547 g/mol. The number of nitrogens with zero attached hydrogens (tertiary/aromatic N) is 2. The van der Waals surface area contributed by atoms with Crippen molar-refractivity contribution < 1.29 is 23.8 Å². The summed E-state index contributed by atoms with van der Waals surface area (Å²) in [5, 5.41) is 11.5. The highest BCUT2D eigenvalue weighted by atomic mass is 79.9. The summed E-state index contributed by atoms with van der Waals surface area (Å²) in [6.07, 6.45) is 0.857. The van der Waals surface area contributed by atoms with Crippen molar-refractivity contribution in [1.29, 1.82) is 0 Å². The molecule has 0 radical (unpaired) electrons. The van der Waals surface area contributed by atoms with Gasteiger partial charge in [0, 0.05) is 10.0 Å². The lowest BCUT2D eigenvalue weighted by Crippen LogP contribution is -2.29. The average molecular weight is 567 g/mol. The van der Waals surface area contributed by atoms with Gasteiger partial charge in [0.25, 0.3) is 5.78 Å². The maximum absolute atomic E-state index is 13.8. The van der Waals surface area contributed by atoms with E-state index in [0.717, 1.165) is 22.2 Å². The molecule has 1 amide bonds. The van der Waals surface area contributed by atoms with E-state index in [1.165, 1.54) is 23.1 Å². The maximum atomic E-state index is 13.8. The molecule has 0 saturated carbocycles. The first-order chi connectivity index (χ1) is 17.4. The van der Waals surface area contributed by atoms with Gasteiger partial charge >= 0.3 is 5.91 Å². The summed E-state index contributed by atoms with van der Waals surface area (Å²) in [5.74, 6) is -1.72. The second kappa shape index (κ2) is 9.83. The number of Topliss-reactive ketones (excluding diaryl/α,β-unsaturated/α-hetero) is 1. The molecule has 1 aliphatic heterocycles. The molecule has 1 N–H and O–H groups in total. The number of ether oxygens (including phenoxy) is 1. The van der Waals surface area contributed by atoms with E-state index in [-0.39, 0.29) is 16.5 Å². The lowest BCUT2D eigenvalue weighted by molar-refractivity contribution is -0.132. The van der Waals surface area contributed by atoms with Crippen LogP contribution in [0.25, 0.3) is 16.0 Å². The Morgan fingerprint density at radius 2 is 1.92 bits per heavy atom. The third-order valence-corrected chi connectivity index (χ3v) is 7.27. The molecule has 6 nitrogen and oxygen atoms in total. The molecule has 5 rings (SSSR count). The van der Waals surface area contributed by atoms with Crippen LogP contribution in [0.5, 0.6) is 5.75 Å². The van der Waals surface area contributed by atoms with Gasteiger partial charge in [-0.25, -0.2) is 9.37 Å². The smallest absolute Gasteiger partial charge is 0.301 e. The van der Waals surface area contributed by atoms with Crippen molar-refractivity contribution in [2.75, 3.05) is 11.5 Å². The van der Waals surface area contributed by atoms with Gasteiger partial charge in [-0.3, -0.25) is 14.5 Å². The third-order valence-electron chi connectivity index (χ3n) is 5.75. The number of rotatable bonds is 6. The summed E-state index contributed by atoms with van der Waals surface area (Å²) in [7, 11) is 0. The second-order valence-corrected chi connectivity index (χ2v) is 10.1. The normalized spacial score (nSPS) is 17.2. The highest BCUT2D eigenvalue weighted by Crippen LogP contribution is 2.44. The number of aliphatic hydroxyl groups excluding tert-OH is 1. The molecular formula is C27H20BrFN2O4S. The number of fused-ring (bicyclic) bond motifs is 1. The summed E-state index contributed by atoms with van der Waals surface area (Å²) in [4.78, 5) is 32.4. The fraction of sp³-hybridized carbons (Fsp3) is 0.148. The van der Waals surface area contributed by atoms with Crippen molar-refractivity contribution in [2.45, 2.75) is 19.4 Å². The summed E-state index contributed by atoms with van der Waals surface area (Å²) in [6.45, 7) is 2.56. The van der Waals surface area contributed by atoms with E-state index in [1.54, 1.807) is 42.5 Å². The van der Waals surface area contributed by atoms with Crippen LogP contribution in [-0.4, -0.2) is 28.4 Å². The fourth-order valence-electron chi connectivity index (χ4n) is 4.10. The highest BCUT2D eigenvalue weighted by molar-refractivity contribution is 9.10. The van der Waals surface area contributed by atoms with Crippen LogP contribution >= 0.6 is 27.3 Å². The van der Waals surface area contributed by atoms with E-state index in [1.807, 2.05) is 13.0 Å². The maximum Gasteiger partial charge on any atom is 0.301 e. The molecule has 0 spiro atoms. The van der Waals surface area contributed by atoms with Crippen LogP contribution in [0.2, 0.25) is 0 Å². The summed E-state index contributed by atoms with van der Waals surface area (Å²) in [6, 6.07) is 17.1. The van der Waals surface area contributed by atoms with Crippen LogP contribution in [0.15, 0.2) is 76.8 Å². The van der Waals surface area contributed by atoms with Crippen molar-refractivity contribution in [1.82, 2.24) is 4.98 Å². The summed E-state index contributed by atoms with van der Waals surface area (Å²) >= 11 is 4.55. The van der Waals surface area contributed by atoms with E-state index in [2.05, 4.69) is 20.9 Å². The van der Waals surface area contributed by atoms with E-state index in [0.29, 0.717) is 33.7 Å². The third kappa shape index (κ3) is 4.40. The van der Waals surface area contributed by atoms with E-state index in [4.69, 9.17) is 4.74 Å². The zero-order valence-electron chi connectivity index (χ0n) is 19.1. The number of thiazole rings is 1. The van der Waals surface area contributed by atoms with Crippen LogP contribution in [0.4, 0.5) is 9.52 Å². The van der Waals surface area contributed by atoms with Gasteiger partial charge in [-0.15, -0.1) is 0 Å². The number of hydrogen-bond donors (Lipinski definition) is 1. The molecule has 1 aromatic heterocycles. The number of ketones is 1. The monoisotopic (exact) mass is 566 g/mol. The zero-order valence-corrected chi connectivity index (χ0v) is 21.5. The standard InChI is InChI=1S/C27H20BrFN2O4S/c1-2-12-35-19-9-6-15(7-10-19)24(32)22-23(16-4-3-5-17(28)13-16)31(26(34)25(22)33)27-30-20-11-8-18(29)14-21(20)36-27/h3-11,13-14,23,32H,2,12H2,1H3. The molecule has 0 bridgehead atoms. The van der Waals surface area contributed by atoms with Gasteiger partial charge in [-0.1, -0.05) is 46.3 Å². The summed E-state index contributed by atoms with van der Waals surface area (Å²) in [5.41, 5.74) is 1.45. The quantitative estimate of drug-likeness (QED) is 0.161. The van der Waals surface area contributed by atoms with Gasteiger partial charge in [-0.2, -0.15) is 0 Å². The minimum atomic E-state index is -0.927. The number of carbonyl (C=O) groups excluding carboxylic acids is 2. The molecule has 1 aliphatic rings. The molecule has 1 fully saturated rings. The number of benzene rings is 3. The molecule has 3 aromatic carbocycles. The molecule has 2 heterocycles. The largest absolute Gasteiger partial charge is 0.507 e. The molecule has 1 saturated heterocycles. The first-order valence-corrected chi connectivity index (χ1v) is 12.8. The van der Waals surface area contributed by atoms with Gasteiger partial charge < -0.3 is 9.84 Å². The van der Waals surface area contributed by atoms with Crippen molar-refractivity contribution in [3.05, 3.63) is 93.7 Å². The molecule has 36 heavy (non-hydrogen) atoms. The van der Waals surface area contributed by atoms with Gasteiger partial charge in [0.05, 0.1) is 28.4 Å². The Morgan fingerprint density at radius 1 is 1.14 bits per heavy atom. The molecule has 1 atom stereocenters. The van der Waals surface area contributed by atoms with Crippen molar-refractivity contribution in [2.24, 2.45) is 0 Å². The topological polar surface area (TPSA) is 79.7 Å². The molecule has 182 valence electrons. The molecule has 9 heteroatoms. The van der Waals surface area contributed by atoms with E-state index >= 15 is 0 Å². The predicted molar refractivity (Wildman–Crippen MR) is 141 cm³/mol. The molecule has 4 aromatic rings. The number of amides is 1. The number of aliphatic hydroxyl groups is 1. The summed E-state index contributed by atoms with van der Waals surface area (Å²) < 4.78 is 20.7. The van der Waals surface area contributed by atoms with E-state index in [9.17, 15) is 19.1 Å². The minimum absolute atomic E-state index is 0.0502. The Hall–Kier alpha value is -3.56. The Kier molecular flexibility index (Phi) is 6.59. The first kappa shape index (κ1) is 24.1. The van der Waals surface area contributed by atoms with Gasteiger partial charge in [-0.05, 0) is 66.6 Å². The van der Waals surface area contributed by atoms with E-state index < -0.39 is 23.5 Å². The van der Waals surface area contributed by atoms with Crippen LogP contribution in [0.1, 0.15) is 30.5 Å². The number of carbonyl (C=O) groups is 2. The lowest BCUT2D eigenvalue weighted by Gasteiger charge is -2.23. The number of aromatic nitrogens is 1. The number of anilines is 1. The second-order valence-electron chi connectivity index (χ2n) is 8.21. The van der Waals surface area contributed by atoms with Gasteiger partial charge in [0.1, 0.15) is 17.3 Å². The van der Waals surface area contributed by atoms with Crippen LogP contribution < -0.4 is 9.64 Å². The lowest BCUT2D eigenvalue weighted by atomic mass is 9.95. The molecule has 1 unspecified atom stereocenters.